The highest BCUT2D eigenvalue weighted by atomic mass is 35.5. The standard InChI is InChI=1S/C23H13ClN2O5/c1-12-19(20(26-31-12)13-5-3-2-4-6-13)22-25-17(23(28)30-22)9-14-11-29-18-8-7-15(24)10-16(18)21(14)27/h2-11H,1H3. The van der Waals surface area contributed by atoms with Crippen LogP contribution in [0, 0.1) is 6.92 Å². The molecule has 7 nitrogen and oxygen atoms in total. The molecule has 0 saturated heterocycles. The van der Waals surface area contributed by atoms with Gasteiger partial charge in [-0.15, -0.1) is 0 Å². The lowest BCUT2D eigenvalue weighted by molar-refractivity contribution is -0.129. The minimum absolute atomic E-state index is 0.0386. The summed E-state index contributed by atoms with van der Waals surface area (Å²) in [6.45, 7) is 1.70. The number of carbonyl (C=O) groups excluding carboxylic acids is 1. The number of esters is 1. The third kappa shape index (κ3) is 3.35. The minimum Gasteiger partial charge on any atom is -0.463 e. The van der Waals surface area contributed by atoms with Crippen LogP contribution in [-0.2, 0) is 9.53 Å². The largest absolute Gasteiger partial charge is 0.463 e. The summed E-state index contributed by atoms with van der Waals surface area (Å²) in [6.07, 6.45) is 2.60. The monoisotopic (exact) mass is 432 g/mol. The van der Waals surface area contributed by atoms with E-state index in [-0.39, 0.29) is 22.6 Å². The average molecular weight is 433 g/mol. The molecule has 4 aromatic rings. The number of carbonyl (C=O) groups is 1. The van der Waals surface area contributed by atoms with Crippen molar-refractivity contribution in [1.29, 1.82) is 0 Å². The Morgan fingerprint density at radius 3 is 2.68 bits per heavy atom. The topological polar surface area (TPSA) is 94.9 Å². The maximum Gasteiger partial charge on any atom is 0.363 e. The normalized spacial score (nSPS) is 14.8. The van der Waals surface area contributed by atoms with Crippen LogP contribution in [0.2, 0.25) is 5.02 Å². The lowest BCUT2D eigenvalue weighted by Crippen LogP contribution is -2.08. The van der Waals surface area contributed by atoms with Gasteiger partial charge in [-0.25, -0.2) is 9.79 Å². The van der Waals surface area contributed by atoms with E-state index in [1.54, 1.807) is 19.1 Å². The number of hydrogen-bond acceptors (Lipinski definition) is 7. The Morgan fingerprint density at radius 2 is 1.87 bits per heavy atom. The van der Waals surface area contributed by atoms with Crippen molar-refractivity contribution in [2.45, 2.75) is 6.92 Å². The van der Waals surface area contributed by atoms with Gasteiger partial charge < -0.3 is 13.7 Å². The molecule has 0 bridgehead atoms. The molecule has 0 amide bonds. The summed E-state index contributed by atoms with van der Waals surface area (Å²) in [5.74, 6) is -0.186. The van der Waals surface area contributed by atoms with Crippen molar-refractivity contribution in [3.05, 3.63) is 92.6 Å². The van der Waals surface area contributed by atoms with E-state index >= 15 is 0 Å². The number of benzene rings is 2. The van der Waals surface area contributed by atoms with Crippen LogP contribution in [0.15, 0.2) is 79.2 Å². The molecule has 0 saturated carbocycles. The number of aliphatic imine (C=N–C) groups is 1. The van der Waals surface area contributed by atoms with Crippen molar-refractivity contribution in [1.82, 2.24) is 5.16 Å². The average Bonchev–Trinajstić information content (AvgIpc) is 3.33. The first-order chi connectivity index (χ1) is 15.0. The van der Waals surface area contributed by atoms with E-state index in [1.165, 1.54) is 18.4 Å². The van der Waals surface area contributed by atoms with Crippen molar-refractivity contribution >= 4 is 40.5 Å². The first-order valence-corrected chi connectivity index (χ1v) is 9.65. The van der Waals surface area contributed by atoms with Crippen LogP contribution in [0.3, 0.4) is 0 Å². The zero-order valence-electron chi connectivity index (χ0n) is 16.1. The summed E-state index contributed by atoms with van der Waals surface area (Å²) in [7, 11) is 0. The fourth-order valence-corrected chi connectivity index (χ4v) is 3.47. The Bertz CT molecular complexity index is 1460. The van der Waals surface area contributed by atoms with Gasteiger partial charge in [-0.1, -0.05) is 47.1 Å². The second-order valence-electron chi connectivity index (χ2n) is 6.83. The SMILES string of the molecule is Cc1onc(-c2ccccc2)c1C1=NC(=Cc2coc3ccc(Cl)cc3c2=O)C(=O)O1. The molecule has 1 aliphatic rings. The van der Waals surface area contributed by atoms with Gasteiger partial charge in [-0.2, -0.15) is 0 Å². The number of rotatable bonds is 3. The fourth-order valence-electron chi connectivity index (χ4n) is 3.30. The van der Waals surface area contributed by atoms with Gasteiger partial charge in [0.05, 0.1) is 10.9 Å². The predicted molar refractivity (Wildman–Crippen MR) is 115 cm³/mol. The van der Waals surface area contributed by atoms with E-state index in [1.807, 2.05) is 30.3 Å². The highest BCUT2D eigenvalue weighted by Gasteiger charge is 2.30. The first-order valence-electron chi connectivity index (χ1n) is 9.27. The highest BCUT2D eigenvalue weighted by molar-refractivity contribution is 6.31. The molecule has 0 spiro atoms. The summed E-state index contributed by atoms with van der Waals surface area (Å²) in [5.41, 5.74) is 1.94. The van der Waals surface area contributed by atoms with Gasteiger partial charge in [-0.3, -0.25) is 4.79 Å². The zero-order valence-corrected chi connectivity index (χ0v) is 16.8. The van der Waals surface area contributed by atoms with Crippen molar-refractivity contribution in [2.75, 3.05) is 0 Å². The Morgan fingerprint density at radius 1 is 1.06 bits per heavy atom. The summed E-state index contributed by atoms with van der Waals surface area (Å²) in [5, 5.41) is 4.79. The van der Waals surface area contributed by atoms with Crippen LogP contribution in [-0.4, -0.2) is 17.0 Å². The second kappa shape index (κ2) is 7.37. The van der Waals surface area contributed by atoms with E-state index in [9.17, 15) is 9.59 Å². The summed E-state index contributed by atoms with van der Waals surface area (Å²) in [4.78, 5) is 29.5. The molecular weight excluding hydrogens is 420 g/mol. The molecule has 31 heavy (non-hydrogen) atoms. The van der Waals surface area contributed by atoms with Gasteiger partial charge in [-0.05, 0) is 31.2 Å². The molecular formula is C23H13ClN2O5. The molecule has 5 rings (SSSR count). The summed E-state index contributed by atoms with van der Waals surface area (Å²) < 4.78 is 16.2. The van der Waals surface area contributed by atoms with E-state index in [0.717, 1.165) is 5.56 Å². The number of nitrogens with zero attached hydrogens (tertiary/aromatic N) is 2. The van der Waals surface area contributed by atoms with Crippen LogP contribution in [0.5, 0.6) is 0 Å². The van der Waals surface area contributed by atoms with Crippen molar-refractivity contribution < 1.29 is 18.5 Å². The van der Waals surface area contributed by atoms with Gasteiger partial charge >= 0.3 is 5.97 Å². The van der Waals surface area contributed by atoms with Crippen LogP contribution in [0.4, 0.5) is 0 Å². The number of aryl methyl sites for hydroxylation is 1. The third-order valence-electron chi connectivity index (χ3n) is 4.80. The maximum atomic E-state index is 12.8. The molecule has 8 heteroatoms. The van der Waals surface area contributed by atoms with Gasteiger partial charge in [0.2, 0.25) is 5.90 Å². The van der Waals surface area contributed by atoms with Crippen LogP contribution >= 0.6 is 11.6 Å². The fraction of sp³-hybridized carbons (Fsp3) is 0.0435. The Hall–Kier alpha value is -3.97. The van der Waals surface area contributed by atoms with E-state index < -0.39 is 5.97 Å². The van der Waals surface area contributed by atoms with Crippen molar-refractivity contribution in [2.24, 2.45) is 4.99 Å². The van der Waals surface area contributed by atoms with Gasteiger partial charge in [0.1, 0.15) is 28.9 Å². The molecule has 2 aromatic carbocycles. The molecule has 0 N–H and O–H groups in total. The Labute approximate surface area is 180 Å². The molecule has 152 valence electrons. The van der Waals surface area contributed by atoms with Gasteiger partial charge in [0, 0.05) is 10.6 Å². The minimum atomic E-state index is -0.694. The quantitative estimate of drug-likeness (QED) is 0.342. The van der Waals surface area contributed by atoms with Crippen molar-refractivity contribution in [3.8, 4) is 11.3 Å². The van der Waals surface area contributed by atoms with Crippen LogP contribution in [0.25, 0.3) is 28.3 Å². The first kappa shape index (κ1) is 19.0. The molecule has 0 fully saturated rings. The smallest absolute Gasteiger partial charge is 0.363 e. The molecule has 0 radical (unpaired) electrons. The second-order valence-corrected chi connectivity index (χ2v) is 7.26. The lowest BCUT2D eigenvalue weighted by Gasteiger charge is -2.01. The molecule has 0 aliphatic carbocycles. The molecule has 3 heterocycles. The van der Waals surface area contributed by atoms with E-state index in [4.69, 9.17) is 25.3 Å². The number of aromatic nitrogens is 1. The number of cyclic esters (lactones) is 1. The lowest BCUT2D eigenvalue weighted by atomic mass is 10.1. The van der Waals surface area contributed by atoms with E-state index in [2.05, 4.69) is 10.1 Å². The number of hydrogen-bond donors (Lipinski definition) is 0. The Kier molecular flexibility index (Phi) is 4.52. The number of fused-ring (bicyclic) bond motifs is 1. The zero-order chi connectivity index (χ0) is 21.5. The summed E-state index contributed by atoms with van der Waals surface area (Å²) in [6, 6.07) is 14.1. The number of ether oxygens (including phenoxy) is 1. The molecule has 0 atom stereocenters. The summed E-state index contributed by atoms with van der Waals surface area (Å²) >= 11 is 5.99. The van der Waals surface area contributed by atoms with Crippen LogP contribution < -0.4 is 5.43 Å². The highest BCUT2D eigenvalue weighted by Crippen LogP contribution is 2.29. The third-order valence-corrected chi connectivity index (χ3v) is 5.03. The Balaban J connectivity index is 1.59. The molecule has 2 aromatic heterocycles. The van der Waals surface area contributed by atoms with Gasteiger partial charge in [0.25, 0.3) is 0 Å². The molecule has 1 aliphatic heterocycles. The maximum absolute atomic E-state index is 12.8. The van der Waals surface area contributed by atoms with Crippen molar-refractivity contribution in [3.63, 3.8) is 0 Å². The predicted octanol–water partition coefficient (Wildman–Crippen LogP) is 4.75. The number of halogens is 1. The van der Waals surface area contributed by atoms with Gasteiger partial charge in [0.15, 0.2) is 11.1 Å². The molecule has 0 unspecified atom stereocenters. The van der Waals surface area contributed by atoms with Crippen LogP contribution in [0.1, 0.15) is 16.9 Å². The van der Waals surface area contributed by atoms with E-state index in [0.29, 0.717) is 33.0 Å².